The lowest BCUT2D eigenvalue weighted by atomic mass is 9.94. The van der Waals surface area contributed by atoms with Crippen molar-refractivity contribution in [3.63, 3.8) is 0 Å². The second kappa shape index (κ2) is 5.73. The van der Waals surface area contributed by atoms with Gasteiger partial charge in [0, 0.05) is 19.7 Å². The Hall–Kier alpha value is -1.72. The van der Waals surface area contributed by atoms with Gasteiger partial charge < -0.3 is 5.11 Å². The predicted octanol–water partition coefficient (Wildman–Crippen LogP) is 1.39. The first-order chi connectivity index (χ1) is 9.79. The first-order valence-corrected chi connectivity index (χ1v) is 7.05. The minimum Gasteiger partial charge on any atom is -0.396 e. The van der Waals surface area contributed by atoms with E-state index in [4.69, 9.17) is 5.11 Å². The van der Waals surface area contributed by atoms with Crippen LogP contribution in [-0.2, 0) is 19.5 Å². The lowest BCUT2D eigenvalue weighted by Crippen LogP contribution is -2.33. The van der Waals surface area contributed by atoms with Gasteiger partial charge in [-0.2, -0.15) is 5.10 Å². The minimum absolute atomic E-state index is 0.183. The van der Waals surface area contributed by atoms with Crippen molar-refractivity contribution in [3.8, 4) is 0 Å². The quantitative estimate of drug-likeness (QED) is 0.914. The molecule has 0 radical (unpaired) electrons. The maximum atomic E-state index is 8.98. The molecule has 1 aromatic heterocycles. The Bertz CT molecular complexity index is 581. The molecule has 1 aliphatic rings. The van der Waals surface area contributed by atoms with Crippen LogP contribution in [0.4, 0.5) is 0 Å². The summed E-state index contributed by atoms with van der Waals surface area (Å²) in [5.41, 5.74) is 2.79. The Balaban J connectivity index is 1.86. The van der Waals surface area contributed by atoms with E-state index in [1.807, 2.05) is 4.68 Å². The number of nitrogens with zero attached hydrogens (tertiary/aromatic N) is 4. The molecule has 20 heavy (non-hydrogen) atoms. The zero-order valence-corrected chi connectivity index (χ0v) is 11.7. The van der Waals surface area contributed by atoms with Crippen molar-refractivity contribution in [2.75, 3.05) is 13.7 Å². The Morgan fingerprint density at radius 1 is 1.30 bits per heavy atom. The van der Waals surface area contributed by atoms with Crippen molar-refractivity contribution in [1.82, 2.24) is 19.7 Å². The normalized spacial score (nSPS) is 19.0. The number of hydrogen-bond donors (Lipinski definition) is 1. The summed E-state index contributed by atoms with van der Waals surface area (Å²) < 4.78 is 1.92. The number of aliphatic hydroxyl groups is 1. The van der Waals surface area contributed by atoms with Crippen LogP contribution in [0.3, 0.4) is 0 Å². The van der Waals surface area contributed by atoms with Gasteiger partial charge in [-0.1, -0.05) is 24.3 Å². The Labute approximate surface area is 118 Å². The molecule has 5 heteroatoms. The zero-order chi connectivity index (χ0) is 13.9. The number of rotatable bonds is 4. The van der Waals surface area contributed by atoms with Crippen molar-refractivity contribution >= 4 is 0 Å². The SMILES string of the molecule is CN1Cc2ccccc2CC1c1ncnn1CCCO. The monoisotopic (exact) mass is 272 g/mol. The molecule has 2 heterocycles. The number of aliphatic hydroxyl groups excluding tert-OH is 1. The Morgan fingerprint density at radius 2 is 2.10 bits per heavy atom. The van der Waals surface area contributed by atoms with Gasteiger partial charge in [0.1, 0.15) is 12.2 Å². The molecule has 0 saturated heterocycles. The molecule has 2 aromatic rings. The third kappa shape index (κ3) is 2.46. The molecular weight excluding hydrogens is 252 g/mol. The molecule has 0 fully saturated rings. The maximum absolute atomic E-state index is 8.98. The van der Waals surface area contributed by atoms with E-state index in [1.54, 1.807) is 6.33 Å². The van der Waals surface area contributed by atoms with E-state index >= 15 is 0 Å². The highest BCUT2D eigenvalue weighted by Gasteiger charge is 2.27. The van der Waals surface area contributed by atoms with E-state index in [0.29, 0.717) is 6.42 Å². The Morgan fingerprint density at radius 3 is 2.90 bits per heavy atom. The van der Waals surface area contributed by atoms with Gasteiger partial charge in [0.25, 0.3) is 0 Å². The molecular formula is C15H20N4O. The lowest BCUT2D eigenvalue weighted by molar-refractivity contribution is 0.200. The van der Waals surface area contributed by atoms with Gasteiger partial charge in [-0.25, -0.2) is 9.67 Å². The average Bonchev–Trinajstić information content (AvgIpc) is 2.92. The highest BCUT2D eigenvalue weighted by molar-refractivity contribution is 5.30. The van der Waals surface area contributed by atoms with Crippen LogP contribution in [0.15, 0.2) is 30.6 Å². The summed E-state index contributed by atoms with van der Waals surface area (Å²) in [6.07, 6.45) is 3.29. The molecule has 5 nitrogen and oxygen atoms in total. The summed E-state index contributed by atoms with van der Waals surface area (Å²) >= 11 is 0. The van der Waals surface area contributed by atoms with E-state index in [0.717, 1.165) is 25.3 Å². The van der Waals surface area contributed by atoms with Crippen LogP contribution in [0.1, 0.15) is 29.4 Å². The summed E-state index contributed by atoms with van der Waals surface area (Å²) in [6, 6.07) is 8.84. The van der Waals surface area contributed by atoms with Crippen LogP contribution < -0.4 is 0 Å². The van der Waals surface area contributed by atoms with Gasteiger partial charge >= 0.3 is 0 Å². The van der Waals surface area contributed by atoms with Gasteiger partial charge in [-0.05, 0) is 31.0 Å². The van der Waals surface area contributed by atoms with Crippen LogP contribution in [-0.4, -0.2) is 38.4 Å². The smallest absolute Gasteiger partial charge is 0.144 e. The highest BCUT2D eigenvalue weighted by Crippen LogP contribution is 2.30. The van der Waals surface area contributed by atoms with E-state index in [1.165, 1.54) is 11.1 Å². The number of fused-ring (bicyclic) bond motifs is 1. The second-order valence-corrected chi connectivity index (χ2v) is 5.32. The van der Waals surface area contributed by atoms with Gasteiger partial charge in [0.15, 0.2) is 0 Å². The molecule has 106 valence electrons. The standard InChI is InChI=1S/C15H20N4O/c1-18-10-13-6-3-2-5-12(13)9-14(18)15-16-11-17-19(15)7-4-8-20/h2-3,5-6,11,14,20H,4,7-10H2,1H3. The molecule has 1 aromatic carbocycles. The Kier molecular flexibility index (Phi) is 3.80. The average molecular weight is 272 g/mol. The van der Waals surface area contributed by atoms with Crippen LogP contribution in [0, 0.1) is 0 Å². The van der Waals surface area contributed by atoms with Crippen LogP contribution in [0.5, 0.6) is 0 Å². The van der Waals surface area contributed by atoms with Crippen LogP contribution in [0.25, 0.3) is 0 Å². The fraction of sp³-hybridized carbons (Fsp3) is 0.467. The predicted molar refractivity (Wildman–Crippen MR) is 76.1 cm³/mol. The molecule has 1 unspecified atom stereocenters. The van der Waals surface area contributed by atoms with E-state index in [-0.39, 0.29) is 12.6 Å². The van der Waals surface area contributed by atoms with Crippen molar-refractivity contribution in [1.29, 1.82) is 0 Å². The van der Waals surface area contributed by atoms with Crippen molar-refractivity contribution in [3.05, 3.63) is 47.5 Å². The van der Waals surface area contributed by atoms with E-state index in [2.05, 4.69) is 46.3 Å². The number of aromatic nitrogens is 3. The molecule has 1 atom stereocenters. The van der Waals surface area contributed by atoms with E-state index in [9.17, 15) is 0 Å². The third-order valence-corrected chi connectivity index (χ3v) is 3.96. The summed E-state index contributed by atoms with van der Waals surface area (Å²) in [4.78, 5) is 6.77. The summed E-state index contributed by atoms with van der Waals surface area (Å²) in [7, 11) is 2.13. The lowest BCUT2D eigenvalue weighted by Gasteiger charge is -2.33. The highest BCUT2D eigenvalue weighted by atomic mass is 16.3. The van der Waals surface area contributed by atoms with Crippen molar-refractivity contribution < 1.29 is 5.11 Å². The van der Waals surface area contributed by atoms with Gasteiger partial charge in [-0.3, -0.25) is 4.90 Å². The summed E-state index contributed by atoms with van der Waals surface area (Å²) in [5, 5.41) is 13.3. The van der Waals surface area contributed by atoms with Crippen LogP contribution >= 0.6 is 0 Å². The zero-order valence-electron chi connectivity index (χ0n) is 11.7. The van der Waals surface area contributed by atoms with Gasteiger partial charge in [0.05, 0.1) is 6.04 Å². The van der Waals surface area contributed by atoms with E-state index < -0.39 is 0 Å². The number of hydrogen-bond acceptors (Lipinski definition) is 4. The van der Waals surface area contributed by atoms with Gasteiger partial charge in [0.2, 0.25) is 0 Å². The molecule has 0 amide bonds. The first kappa shape index (κ1) is 13.3. The minimum atomic E-state index is 0.183. The molecule has 0 aliphatic carbocycles. The number of aryl methyl sites for hydroxylation is 1. The van der Waals surface area contributed by atoms with Crippen molar-refractivity contribution in [2.24, 2.45) is 0 Å². The molecule has 1 N–H and O–H groups in total. The largest absolute Gasteiger partial charge is 0.396 e. The third-order valence-electron chi connectivity index (χ3n) is 3.96. The molecule has 0 saturated carbocycles. The number of benzene rings is 1. The molecule has 3 rings (SSSR count). The summed E-state index contributed by atoms with van der Waals surface area (Å²) in [5.74, 6) is 0.996. The topological polar surface area (TPSA) is 54.2 Å². The first-order valence-electron chi connectivity index (χ1n) is 7.05. The second-order valence-electron chi connectivity index (χ2n) is 5.32. The fourth-order valence-corrected chi connectivity index (χ4v) is 2.87. The fourth-order valence-electron chi connectivity index (χ4n) is 2.87. The van der Waals surface area contributed by atoms with Crippen molar-refractivity contribution in [2.45, 2.75) is 32.0 Å². The van der Waals surface area contributed by atoms with Crippen LogP contribution in [0.2, 0.25) is 0 Å². The molecule has 0 spiro atoms. The molecule has 0 bridgehead atoms. The number of likely N-dealkylation sites (N-methyl/N-ethyl adjacent to an activating group) is 1. The molecule has 1 aliphatic heterocycles. The summed E-state index contributed by atoms with van der Waals surface area (Å²) in [6.45, 7) is 1.84. The van der Waals surface area contributed by atoms with Gasteiger partial charge in [-0.15, -0.1) is 0 Å². The maximum Gasteiger partial charge on any atom is 0.144 e.